The van der Waals surface area contributed by atoms with Crippen molar-refractivity contribution in [3.63, 3.8) is 0 Å². The Labute approximate surface area is 279 Å². The summed E-state index contributed by atoms with van der Waals surface area (Å²) in [7, 11) is -2.71. The van der Waals surface area contributed by atoms with E-state index >= 15 is 0 Å². The Morgan fingerprint density at radius 1 is 0.812 bits per heavy atom. The fraction of sp³-hybridized carbons (Fsp3) is 0.229. The fourth-order valence-corrected chi connectivity index (χ4v) is 5.49. The van der Waals surface area contributed by atoms with Crippen molar-refractivity contribution in [1.82, 2.24) is 19.9 Å². The van der Waals surface area contributed by atoms with E-state index in [2.05, 4.69) is 30.0 Å². The molecule has 0 bridgehead atoms. The Balaban J connectivity index is 1.51. The third-order valence-corrected chi connectivity index (χ3v) is 8.34. The summed E-state index contributed by atoms with van der Waals surface area (Å²) in [5.41, 5.74) is 1.49. The van der Waals surface area contributed by atoms with Gasteiger partial charge in [-0.25, -0.2) is 23.4 Å². The smallest absolute Gasteiger partial charge is 0.263 e. The first kappa shape index (κ1) is 33.8. The van der Waals surface area contributed by atoms with Gasteiger partial charge < -0.3 is 19.5 Å². The number of methoxy groups -OCH3 is 1. The van der Waals surface area contributed by atoms with Crippen molar-refractivity contribution in [1.29, 1.82) is 0 Å². The zero-order valence-corrected chi connectivity index (χ0v) is 27.8. The summed E-state index contributed by atoms with van der Waals surface area (Å²) in [6, 6.07) is 24.2. The number of sulfonamides is 1. The second kappa shape index (κ2) is 14.9. The standard InChI is InChI=1S/C35H36N6O6S/c1-35(2,3)24-17-19-26(20-18-24)48(43,44)41-31-30(47-28-15-9-8-14-27(28)45-4)34(40-33(39-31)32-36-21-11-22-37-32)46-23-10-16-29(42)38-25-12-6-5-7-13-25/h5-9,11-15,17-22H,10,16,23H2,1-4H3,(H,38,42)(H,39,40,41). The maximum absolute atomic E-state index is 13.8. The highest BCUT2D eigenvalue weighted by Crippen LogP contribution is 2.41. The molecule has 0 unspecified atom stereocenters. The summed E-state index contributed by atoms with van der Waals surface area (Å²) in [6.07, 6.45) is 3.49. The first-order chi connectivity index (χ1) is 23.0. The number of para-hydroxylation sites is 3. The van der Waals surface area contributed by atoms with Crippen molar-refractivity contribution in [3.05, 3.63) is 103 Å². The number of nitrogens with zero attached hydrogens (tertiary/aromatic N) is 4. The van der Waals surface area contributed by atoms with Crippen LogP contribution in [0, 0.1) is 0 Å². The third-order valence-electron chi connectivity index (χ3n) is 6.99. The van der Waals surface area contributed by atoms with Crippen LogP contribution in [0.5, 0.6) is 23.1 Å². The van der Waals surface area contributed by atoms with Crippen LogP contribution in [-0.4, -0.2) is 48.0 Å². The van der Waals surface area contributed by atoms with Crippen LogP contribution in [0.4, 0.5) is 11.5 Å². The Kier molecular flexibility index (Phi) is 10.5. The van der Waals surface area contributed by atoms with E-state index < -0.39 is 10.0 Å². The number of aromatic nitrogens is 4. The minimum absolute atomic E-state index is 0.0134. The lowest BCUT2D eigenvalue weighted by molar-refractivity contribution is -0.116. The van der Waals surface area contributed by atoms with Gasteiger partial charge in [0.2, 0.25) is 17.5 Å². The summed E-state index contributed by atoms with van der Waals surface area (Å²) in [5.74, 6) is 0.129. The van der Waals surface area contributed by atoms with Crippen molar-refractivity contribution in [2.24, 2.45) is 0 Å². The summed E-state index contributed by atoms with van der Waals surface area (Å²) in [4.78, 5) is 30.0. The number of hydrogen-bond acceptors (Lipinski definition) is 10. The molecule has 0 aliphatic heterocycles. The number of hydrogen-bond donors (Lipinski definition) is 2. The number of ether oxygens (including phenoxy) is 3. The second-order valence-corrected chi connectivity index (χ2v) is 13.3. The fourth-order valence-electron chi connectivity index (χ4n) is 4.48. The highest BCUT2D eigenvalue weighted by Gasteiger charge is 2.26. The van der Waals surface area contributed by atoms with E-state index in [1.165, 1.54) is 31.6 Å². The molecule has 0 radical (unpaired) electrons. The average molecular weight is 669 g/mol. The van der Waals surface area contributed by atoms with Crippen LogP contribution in [0.15, 0.2) is 102 Å². The molecule has 0 saturated carbocycles. The molecule has 1 amide bonds. The van der Waals surface area contributed by atoms with Crippen LogP contribution >= 0.6 is 0 Å². The predicted molar refractivity (Wildman–Crippen MR) is 182 cm³/mol. The maximum Gasteiger partial charge on any atom is 0.263 e. The maximum atomic E-state index is 13.8. The average Bonchev–Trinajstić information content (AvgIpc) is 3.08. The number of benzene rings is 3. The summed E-state index contributed by atoms with van der Waals surface area (Å²) in [6.45, 7) is 6.17. The summed E-state index contributed by atoms with van der Waals surface area (Å²) >= 11 is 0. The number of anilines is 2. The van der Waals surface area contributed by atoms with Crippen LogP contribution in [0.25, 0.3) is 11.6 Å². The predicted octanol–water partition coefficient (Wildman–Crippen LogP) is 6.63. The van der Waals surface area contributed by atoms with E-state index in [0.29, 0.717) is 17.9 Å². The molecular formula is C35H36N6O6S. The molecule has 0 aliphatic carbocycles. The van der Waals surface area contributed by atoms with Crippen LogP contribution in [-0.2, 0) is 20.2 Å². The second-order valence-electron chi connectivity index (χ2n) is 11.6. The van der Waals surface area contributed by atoms with Crippen LogP contribution in [0.2, 0.25) is 0 Å². The Morgan fingerprint density at radius 3 is 2.15 bits per heavy atom. The van der Waals surface area contributed by atoms with Crippen LogP contribution in [0.1, 0.15) is 39.2 Å². The van der Waals surface area contributed by atoms with Crippen molar-refractivity contribution >= 4 is 27.4 Å². The molecule has 0 spiro atoms. The Bertz CT molecular complexity index is 1950. The monoisotopic (exact) mass is 668 g/mol. The summed E-state index contributed by atoms with van der Waals surface area (Å²) < 4.78 is 47.9. The van der Waals surface area contributed by atoms with Crippen molar-refractivity contribution in [2.45, 2.75) is 43.9 Å². The molecule has 5 rings (SSSR count). The minimum Gasteiger partial charge on any atom is -0.493 e. The highest BCUT2D eigenvalue weighted by molar-refractivity contribution is 7.92. The minimum atomic E-state index is -4.19. The van der Waals surface area contributed by atoms with Gasteiger partial charge in [-0.15, -0.1) is 0 Å². The van der Waals surface area contributed by atoms with Crippen LogP contribution < -0.4 is 24.2 Å². The molecule has 0 fully saturated rings. The van der Waals surface area contributed by atoms with Gasteiger partial charge in [-0.3, -0.25) is 9.52 Å². The summed E-state index contributed by atoms with van der Waals surface area (Å²) in [5, 5.41) is 2.84. The molecule has 248 valence electrons. The molecule has 12 nitrogen and oxygen atoms in total. The van der Waals surface area contributed by atoms with Crippen molar-refractivity contribution < 1.29 is 27.4 Å². The van der Waals surface area contributed by atoms with Gasteiger partial charge in [-0.2, -0.15) is 4.98 Å². The molecule has 13 heteroatoms. The van der Waals surface area contributed by atoms with Gasteiger partial charge in [0.15, 0.2) is 23.1 Å². The lowest BCUT2D eigenvalue weighted by Gasteiger charge is -2.20. The van der Waals surface area contributed by atoms with Gasteiger partial charge in [0.05, 0.1) is 18.6 Å². The molecule has 2 aromatic heterocycles. The molecule has 0 saturated heterocycles. The van der Waals surface area contributed by atoms with Crippen molar-refractivity contribution in [3.8, 4) is 34.8 Å². The first-order valence-electron chi connectivity index (χ1n) is 15.1. The molecular weight excluding hydrogens is 632 g/mol. The number of amides is 1. The molecule has 3 aromatic carbocycles. The Hall–Kier alpha value is -5.56. The van der Waals surface area contributed by atoms with Crippen LogP contribution in [0.3, 0.4) is 0 Å². The van der Waals surface area contributed by atoms with E-state index in [-0.39, 0.29) is 64.1 Å². The molecule has 48 heavy (non-hydrogen) atoms. The highest BCUT2D eigenvalue weighted by atomic mass is 32.2. The Morgan fingerprint density at radius 2 is 1.48 bits per heavy atom. The molecule has 0 aliphatic rings. The molecule has 2 heterocycles. The zero-order chi connectivity index (χ0) is 34.1. The van der Waals surface area contributed by atoms with Gasteiger partial charge in [-0.1, -0.05) is 63.2 Å². The van der Waals surface area contributed by atoms with E-state index in [9.17, 15) is 13.2 Å². The van der Waals surface area contributed by atoms with Gasteiger partial charge in [-0.05, 0) is 59.9 Å². The van der Waals surface area contributed by atoms with Crippen molar-refractivity contribution in [2.75, 3.05) is 23.8 Å². The molecule has 2 N–H and O–H groups in total. The van der Waals surface area contributed by atoms with E-state index in [4.69, 9.17) is 14.2 Å². The quantitative estimate of drug-likeness (QED) is 0.131. The van der Waals surface area contributed by atoms with Gasteiger partial charge >= 0.3 is 0 Å². The third kappa shape index (κ3) is 8.62. The number of carbonyl (C=O) groups is 1. The van der Waals surface area contributed by atoms with E-state index in [1.807, 2.05) is 39.0 Å². The van der Waals surface area contributed by atoms with Gasteiger partial charge in [0.1, 0.15) is 0 Å². The number of nitrogens with one attached hydrogen (secondary N) is 2. The topological polar surface area (TPSA) is 155 Å². The van der Waals surface area contributed by atoms with E-state index in [1.54, 1.807) is 54.6 Å². The zero-order valence-electron chi connectivity index (χ0n) is 27.0. The first-order valence-corrected chi connectivity index (χ1v) is 16.6. The largest absolute Gasteiger partial charge is 0.493 e. The van der Waals surface area contributed by atoms with E-state index in [0.717, 1.165) is 5.56 Å². The van der Waals surface area contributed by atoms with Gasteiger partial charge in [0, 0.05) is 24.5 Å². The number of rotatable bonds is 13. The normalized spacial score (nSPS) is 11.4. The lowest BCUT2D eigenvalue weighted by atomic mass is 9.87. The molecule has 0 atom stereocenters. The SMILES string of the molecule is COc1ccccc1Oc1c(NS(=O)(=O)c2ccc(C(C)(C)C)cc2)nc(-c2ncccn2)nc1OCCCC(=O)Nc1ccccc1. The lowest BCUT2D eigenvalue weighted by Crippen LogP contribution is -2.17. The number of carbonyl (C=O) groups excluding carboxylic acids is 1. The van der Waals surface area contributed by atoms with Gasteiger partial charge in [0.25, 0.3) is 15.9 Å². The molecule has 5 aromatic rings.